The minimum Gasteiger partial charge on any atom is -0.756 e. The van der Waals surface area contributed by atoms with Crippen molar-refractivity contribution in [2.24, 2.45) is 0 Å². The number of esters is 2. The zero-order chi connectivity index (χ0) is 36.6. The number of carboxylic acid groups (broad SMARTS) is 1. The molecular formula is C37H72NO10P. The Kier molecular flexibility index (Phi) is 30.3. The molecule has 0 saturated heterocycles. The van der Waals surface area contributed by atoms with E-state index in [2.05, 4.69) is 6.92 Å². The van der Waals surface area contributed by atoms with Gasteiger partial charge in [0.25, 0.3) is 7.82 Å². The van der Waals surface area contributed by atoms with Crippen LogP contribution in [0.5, 0.6) is 0 Å². The van der Waals surface area contributed by atoms with E-state index in [1.54, 1.807) is 0 Å². The average molecular weight is 722 g/mol. The van der Waals surface area contributed by atoms with Gasteiger partial charge in [-0.05, 0) is 19.3 Å². The van der Waals surface area contributed by atoms with Gasteiger partial charge in [-0.15, -0.1) is 0 Å². The van der Waals surface area contributed by atoms with Crippen molar-refractivity contribution in [1.29, 1.82) is 0 Å². The molecule has 0 amide bonds. The molecule has 12 heteroatoms. The summed E-state index contributed by atoms with van der Waals surface area (Å²) in [5.41, 5.74) is 0. The quantitative estimate of drug-likeness (QED) is 0.0289. The molecule has 0 aliphatic heterocycles. The van der Waals surface area contributed by atoms with E-state index in [0.717, 1.165) is 70.6 Å². The fraction of sp³-hybridized carbons (Fsp3) is 0.919. The molecule has 0 aliphatic rings. The molecule has 0 rings (SSSR count). The third-order valence-electron chi connectivity index (χ3n) is 8.41. The maximum absolute atomic E-state index is 12.6. The molecule has 0 saturated carbocycles. The van der Waals surface area contributed by atoms with Crippen molar-refractivity contribution < 1.29 is 52.0 Å². The second-order valence-electron chi connectivity index (χ2n) is 14.5. The van der Waals surface area contributed by atoms with E-state index in [-0.39, 0.29) is 32.5 Å². The number of likely N-dealkylation sites (N-methyl/N-ethyl adjacent to an activating group) is 1. The molecule has 0 spiro atoms. The predicted molar refractivity (Wildman–Crippen MR) is 192 cm³/mol. The SMILES string of the molecule is CCCCCCCCCCCCCCCC(=O)OC[C@H](COP(=O)([O-])OCC[N+](C)(C)C)OC(=O)CCCCCCCCCCCC(=O)O. The number of nitrogens with zero attached hydrogens (tertiary/aromatic N) is 1. The van der Waals surface area contributed by atoms with Crippen molar-refractivity contribution in [3.63, 3.8) is 0 Å². The summed E-state index contributed by atoms with van der Waals surface area (Å²) >= 11 is 0. The highest BCUT2D eigenvalue weighted by atomic mass is 31.2. The molecular weight excluding hydrogens is 649 g/mol. The molecule has 11 nitrogen and oxygen atoms in total. The Morgan fingerprint density at radius 3 is 1.45 bits per heavy atom. The van der Waals surface area contributed by atoms with Crippen LogP contribution in [0.3, 0.4) is 0 Å². The first kappa shape index (κ1) is 47.5. The summed E-state index contributed by atoms with van der Waals surface area (Å²) in [7, 11) is 1.10. The first-order chi connectivity index (χ1) is 23.3. The van der Waals surface area contributed by atoms with E-state index in [1.165, 1.54) is 64.2 Å². The Labute approximate surface area is 298 Å². The van der Waals surface area contributed by atoms with Crippen LogP contribution in [0.4, 0.5) is 0 Å². The first-order valence-electron chi connectivity index (χ1n) is 19.3. The highest BCUT2D eigenvalue weighted by Gasteiger charge is 2.21. The van der Waals surface area contributed by atoms with Crippen LogP contribution >= 0.6 is 7.82 Å². The van der Waals surface area contributed by atoms with E-state index in [9.17, 15) is 23.8 Å². The Hall–Kier alpha value is -1.52. The third-order valence-corrected chi connectivity index (χ3v) is 9.38. The van der Waals surface area contributed by atoms with E-state index in [0.29, 0.717) is 17.4 Å². The summed E-state index contributed by atoms with van der Waals surface area (Å²) in [5.74, 6) is -1.65. The molecule has 290 valence electrons. The average Bonchev–Trinajstić information content (AvgIpc) is 3.02. The Morgan fingerprint density at radius 1 is 0.612 bits per heavy atom. The van der Waals surface area contributed by atoms with Gasteiger partial charge in [0.1, 0.15) is 19.8 Å². The van der Waals surface area contributed by atoms with E-state index >= 15 is 0 Å². The number of aliphatic carboxylic acids is 1. The Balaban J connectivity index is 4.40. The van der Waals surface area contributed by atoms with Crippen LogP contribution in [0.2, 0.25) is 0 Å². The monoisotopic (exact) mass is 721 g/mol. The van der Waals surface area contributed by atoms with Crippen molar-refractivity contribution in [2.45, 2.75) is 174 Å². The van der Waals surface area contributed by atoms with Crippen LogP contribution in [-0.2, 0) is 37.5 Å². The topological polar surface area (TPSA) is 148 Å². The first-order valence-corrected chi connectivity index (χ1v) is 20.8. The summed E-state index contributed by atoms with van der Waals surface area (Å²) in [6.07, 6.45) is 23.7. The molecule has 0 radical (unpaired) electrons. The number of hydrogen-bond acceptors (Lipinski definition) is 9. The third kappa shape index (κ3) is 36.1. The highest BCUT2D eigenvalue weighted by Crippen LogP contribution is 2.38. The fourth-order valence-corrected chi connectivity index (χ4v) is 6.06. The van der Waals surface area contributed by atoms with Gasteiger partial charge in [-0.3, -0.25) is 18.9 Å². The number of carbonyl (C=O) groups is 3. The van der Waals surface area contributed by atoms with Crippen molar-refractivity contribution >= 4 is 25.7 Å². The molecule has 2 atom stereocenters. The number of carbonyl (C=O) groups excluding carboxylic acids is 2. The van der Waals surface area contributed by atoms with Gasteiger partial charge < -0.3 is 33.0 Å². The zero-order valence-electron chi connectivity index (χ0n) is 31.6. The molecule has 0 bridgehead atoms. The molecule has 0 aliphatic carbocycles. The standard InChI is InChI=1S/C37H72NO10P/c1-5-6-7-8-9-10-11-12-13-16-19-22-25-28-36(41)45-32-34(33-47-49(43,44)46-31-30-38(2,3)4)48-37(42)29-26-23-20-17-14-15-18-21-24-27-35(39)40/h34H,5-33H2,1-4H3,(H-,39,40,43,44)/t34-/m1/s1. The van der Waals surface area contributed by atoms with Crippen molar-refractivity contribution in [3.05, 3.63) is 0 Å². The number of rotatable bonds is 36. The van der Waals surface area contributed by atoms with E-state index in [1.807, 2.05) is 21.1 Å². The zero-order valence-corrected chi connectivity index (χ0v) is 32.5. The lowest BCUT2D eigenvalue weighted by Crippen LogP contribution is -2.37. The number of quaternary nitrogens is 1. The summed E-state index contributed by atoms with van der Waals surface area (Å²) < 4.78 is 33.6. The van der Waals surface area contributed by atoms with E-state index < -0.39 is 38.4 Å². The minimum absolute atomic E-state index is 0.0480. The summed E-state index contributed by atoms with van der Waals surface area (Å²) in [6.45, 7) is 1.87. The number of carboxylic acids is 1. The largest absolute Gasteiger partial charge is 0.756 e. The van der Waals surface area contributed by atoms with Crippen LogP contribution in [0.25, 0.3) is 0 Å². The lowest BCUT2D eigenvalue weighted by atomic mass is 10.0. The summed E-state index contributed by atoms with van der Waals surface area (Å²) in [4.78, 5) is 47.8. The second-order valence-corrected chi connectivity index (χ2v) is 15.9. The van der Waals surface area contributed by atoms with Crippen LogP contribution < -0.4 is 4.89 Å². The van der Waals surface area contributed by atoms with E-state index in [4.69, 9.17) is 23.6 Å². The maximum Gasteiger partial charge on any atom is 0.306 e. The molecule has 0 aromatic carbocycles. The molecule has 0 aromatic rings. The number of ether oxygens (including phenoxy) is 2. The van der Waals surface area contributed by atoms with Gasteiger partial charge in [-0.25, -0.2) is 0 Å². The Bertz CT molecular complexity index is 880. The molecule has 1 N–H and O–H groups in total. The maximum atomic E-state index is 12.6. The van der Waals surface area contributed by atoms with Crippen molar-refractivity contribution in [2.75, 3.05) is 47.5 Å². The van der Waals surface area contributed by atoms with Crippen molar-refractivity contribution in [1.82, 2.24) is 0 Å². The number of phosphoric acid groups is 1. The number of phosphoric ester groups is 1. The van der Waals surface area contributed by atoms with Gasteiger partial charge in [-0.1, -0.05) is 129 Å². The molecule has 1 unspecified atom stereocenters. The smallest absolute Gasteiger partial charge is 0.306 e. The van der Waals surface area contributed by atoms with Gasteiger partial charge in [0, 0.05) is 19.3 Å². The highest BCUT2D eigenvalue weighted by molar-refractivity contribution is 7.45. The van der Waals surface area contributed by atoms with Crippen LogP contribution in [-0.4, -0.2) is 81.1 Å². The normalized spacial score (nSPS) is 13.6. The van der Waals surface area contributed by atoms with Gasteiger partial charge in [-0.2, -0.15) is 0 Å². The second kappa shape index (κ2) is 31.2. The molecule has 0 heterocycles. The van der Waals surface area contributed by atoms with Gasteiger partial charge >= 0.3 is 17.9 Å². The lowest BCUT2D eigenvalue weighted by molar-refractivity contribution is -0.870. The van der Waals surface area contributed by atoms with Gasteiger partial charge in [0.05, 0.1) is 27.7 Å². The van der Waals surface area contributed by atoms with Crippen LogP contribution in [0.15, 0.2) is 0 Å². The van der Waals surface area contributed by atoms with Crippen LogP contribution in [0, 0.1) is 0 Å². The molecule has 0 fully saturated rings. The fourth-order valence-electron chi connectivity index (χ4n) is 5.33. The summed E-state index contributed by atoms with van der Waals surface area (Å²) in [5, 5.41) is 8.68. The summed E-state index contributed by atoms with van der Waals surface area (Å²) in [6, 6.07) is 0. The minimum atomic E-state index is -4.64. The molecule has 0 aromatic heterocycles. The lowest BCUT2D eigenvalue weighted by Gasteiger charge is -2.28. The van der Waals surface area contributed by atoms with Crippen LogP contribution in [0.1, 0.15) is 167 Å². The number of hydrogen-bond donors (Lipinski definition) is 1. The van der Waals surface area contributed by atoms with Crippen molar-refractivity contribution in [3.8, 4) is 0 Å². The number of unbranched alkanes of at least 4 members (excludes halogenated alkanes) is 20. The molecule has 49 heavy (non-hydrogen) atoms. The predicted octanol–water partition coefficient (Wildman–Crippen LogP) is 8.51. The van der Waals surface area contributed by atoms with Gasteiger partial charge in [0.15, 0.2) is 6.10 Å². The van der Waals surface area contributed by atoms with Gasteiger partial charge in [0.2, 0.25) is 0 Å². The Morgan fingerprint density at radius 2 is 1.02 bits per heavy atom.